The summed E-state index contributed by atoms with van der Waals surface area (Å²) in [5, 5.41) is 3.02. The third-order valence-corrected chi connectivity index (χ3v) is 5.42. The maximum absolute atomic E-state index is 12.9. The number of para-hydroxylation sites is 1. The molecule has 0 saturated carbocycles. The third-order valence-electron chi connectivity index (χ3n) is 5.42. The van der Waals surface area contributed by atoms with Crippen LogP contribution in [0.25, 0.3) is 0 Å². The lowest BCUT2D eigenvalue weighted by Gasteiger charge is -2.37. The van der Waals surface area contributed by atoms with Crippen LogP contribution in [-0.2, 0) is 16.1 Å². The number of amides is 2. The summed E-state index contributed by atoms with van der Waals surface area (Å²) in [4.78, 5) is 31.8. The summed E-state index contributed by atoms with van der Waals surface area (Å²) >= 11 is 0. The molecule has 1 spiro atoms. The van der Waals surface area contributed by atoms with Gasteiger partial charge in [0.1, 0.15) is 12.1 Å². The first-order valence-corrected chi connectivity index (χ1v) is 9.50. The summed E-state index contributed by atoms with van der Waals surface area (Å²) in [6, 6.07) is 17.3. The molecule has 6 heteroatoms. The van der Waals surface area contributed by atoms with E-state index in [1.807, 2.05) is 61.5 Å². The highest BCUT2D eigenvalue weighted by atomic mass is 16.6. The summed E-state index contributed by atoms with van der Waals surface area (Å²) in [6.45, 7) is 3.05. The predicted octanol–water partition coefficient (Wildman–Crippen LogP) is 3.62. The van der Waals surface area contributed by atoms with Crippen LogP contribution in [0.4, 0.5) is 10.5 Å². The van der Waals surface area contributed by atoms with Gasteiger partial charge in [-0.3, -0.25) is 9.79 Å². The second-order valence-corrected chi connectivity index (χ2v) is 7.26. The topological polar surface area (TPSA) is 71.0 Å². The van der Waals surface area contributed by atoms with E-state index in [4.69, 9.17) is 9.73 Å². The Labute approximate surface area is 164 Å². The van der Waals surface area contributed by atoms with Gasteiger partial charge >= 0.3 is 6.09 Å². The van der Waals surface area contributed by atoms with Gasteiger partial charge in [-0.2, -0.15) is 0 Å². The standard InChI is InChI=1S/C22H23N3O3/c1-16-18-9-5-6-10-19(18)23-20(26)22(24-16)11-13-25(14-12-22)21(27)28-15-17-7-3-2-4-8-17/h2-10H,11-15H2,1H3,(H,23,26). The lowest BCUT2D eigenvalue weighted by Crippen LogP contribution is -2.51. The van der Waals surface area contributed by atoms with E-state index in [0.717, 1.165) is 22.5 Å². The number of hydrogen-bond acceptors (Lipinski definition) is 4. The zero-order valence-electron chi connectivity index (χ0n) is 15.9. The lowest BCUT2D eigenvalue weighted by molar-refractivity contribution is -0.122. The van der Waals surface area contributed by atoms with Crippen LogP contribution >= 0.6 is 0 Å². The summed E-state index contributed by atoms with van der Waals surface area (Å²) in [6.07, 6.45) is 0.603. The van der Waals surface area contributed by atoms with E-state index in [0.29, 0.717) is 25.9 Å². The van der Waals surface area contributed by atoms with E-state index in [2.05, 4.69) is 5.32 Å². The molecule has 4 rings (SSSR count). The Balaban J connectivity index is 1.42. The van der Waals surface area contributed by atoms with Crippen LogP contribution in [0, 0.1) is 0 Å². The maximum atomic E-state index is 12.9. The van der Waals surface area contributed by atoms with Gasteiger partial charge < -0.3 is 15.0 Å². The molecule has 2 aromatic rings. The number of piperidine rings is 1. The van der Waals surface area contributed by atoms with Crippen molar-refractivity contribution in [3.8, 4) is 0 Å². The van der Waals surface area contributed by atoms with E-state index in [-0.39, 0.29) is 18.6 Å². The fraction of sp³-hybridized carbons (Fsp3) is 0.318. The highest BCUT2D eigenvalue weighted by Gasteiger charge is 2.44. The molecule has 6 nitrogen and oxygen atoms in total. The van der Waals surface area contributed by atoms with E-state index < -0.39 is 5.54 Å². The first-order valence-electron chi connectivity index (χ1n) is 9.50. The highest BCUT2D eigenvalue weighted by Crippen LogP contribution is 2.33. The van der Waals surface area contributed by atoms with Gasteiger partial charge in [0.15, 0.2) is 0 Å². The van der Waals surface area contributed by atoms with Crippen LogP contribution in [0.2, 0.25) is 0 Å². The van der Waals surface area contributed by atoms with Crippen LogP contribution in [0.5, 0.6) is 0 Å². The number of anilines is 1. The minimum absolute atomic E-state index is 0.103. The summed E-state index contributed by atoms with van der Waals surface area (Å²) in [5.41, 5.74) is 2.69. The van der Waals surface area contributed by atoms with E-state index in [9.17, 15) is 9.59 Å². The minimum Gasteiger partial charge on any atom is -0.445 e. The SMILES string of the molecule is CC1=NC2(CCN(C(=O)OCc3ccccc3)CC2)C(=O)Nc2ccccc21. The number of nitrogens with one attached hydrogen (secondary N) is 1. The van der Waals surface area contributed by atoms with Gasteiger partial charge in [-0.1, -0.05) is 48.5 Å². The van der Waals surface area contributed by atoms with Gasteiger partial charge in [0, 0.05) is 30.1 Å². The average Bonchev–Trinajstić information content (AvgIpc) is 2.82. The molecule has 1 fully saturated rings. The van der Waals surface area contributed by atoms with Crippen molar-refractivity contribution in [3.63, 3.8) is 0 Å². The molecular formula is C22H23N3O3. The molecule has 28 heavy (non-hydrogen) atoms. The number of carbonyl (C=O) groups excluding carboxylic acids is 2. The number of benzene rings is 2. The second-order valence-electron chi connectivity index (χ2n) is 7.26. The predicted molar refractivity (Wildman–Crippen MR) is 107 cm³/mol. The van der Waals surface area contributed by atoms with Crippen molar-refractivity contribution < 1.29 is 14.3 Å². The molecular weight excluding hydrogens is 354 g/mol. The van der Waals surface area contributed by atoms with Crippen molar-refractivity contribution in [2.24, 2.45) is 4.99 Å². The van der Waals surface area contributed by atoms with Crippen molar-refractivity contribution >= 4 is 23.4 Å². The number of ether oxygens (including phenoxy) is 1. The molecule has 2 heterocycles. The Hall–Kier alpha value is -3.15. The van der Waals surface area contributed by atoms with Crippen LogP contribution in [0.15, 0.2) is 59.6 Å². The monoisotopic (exact) mass is 377 g/mol. The molecule has 0 bridgehead atoms. The number of hydrogen-bond donors (Lipinski definition) is 1. The molecule has 2 aliphatic heterocycles. The molecule has 2 aromatic carbocycles. The van der Waals surface area contributed by atoms with Crippen molar-refractivity contribution in [3.05, 3.63) is 65.7 Å². The Morgan fingerprint density at radius 2 is 1.79 bits per heavy atom. The number of nitrogens with zero attached hydrogens (tertiary/aromatic N) is 2. The van der Waals surface area contributed by atoms with Gasteiger partial charge in [0.25, 0.3) is 5.91 Å². The zero-order valence-corrected chi connectivity index (χ0v) is 15.9. The van der Waals surface area contributed by atoms with Crippen molar-refractivity contribution in [2.45, 2.75) is 31.9 Å². The molecule has 1 N–H and O–H groups in total. The van der Waals surface area contributed by atoms with Gasteiger partial charge in [-0.25, -0.2) is 4.79 Å². The Kier molecular flexibility index (Phi) is 4.86. The van der Waals surface area contributed by atoms with Gasteiger partial charge in [0.2, 0.25) is 0 Å². The molecule has 2 amide bonds. The van der Waals surface area contributed by atoms with Crippen LogP contribution < -0.4 is 5.32 Å². The second kappa shape index (κ2) is 7.46. The minimum atomic E-state index is -0.834. The molecule has 0 aliphatic carbocycles. The molecule has 144 valence electrons. The zero-order chi connectivity index (χ0) is 19.6. The number of aliphatic imine (C=N–C) groups is 1. The Morgan fingerprint density at radius 1 is 1.11 bits per heavy atom. The largest absolute Gasteiger partial charge is 0.445 e. The van der Waals surface area contributed by atoms with E-state index in [1.54, 1.807) is 4.90 Å². The summed E-state index contributed by atoms with van der Waals surface area (Å²) in [5.74, 6) is -0.103. The number of likely N-dealkylation sites (tertiary alicyclic amines) is 1. The molecule has 1 saturated heterocycles. The first-order chi connectivity index (χ1) is 13.6. The van der Waals surface area contributed by atoms with Gasteiger partial charge in [0.05, 0.1) is 0 Å². The molecule has 0 unspecified atom stereocenters. The third kappa shape index (κ3) is 3.50. The first kappa shape index (κ1) is 18.2. The maximum Gasteiger partial charge on any atom is 0.410 e. The number of fused-ring (bicyclic) bond motifs is 1. The lowest BCUT2D eigenvalue weighted by atomic mass is 9.87. The molecule has 0 aromatic heterocycles. The fourth-order valence-corrected chi connectivity index (χ4v) is 3.79. The van der Waals surface area contributed by atoms with Crippen LogP contribution in [-0.4, -0.2) is 41.2 Å². The van der Waals surface area contributed by atoms with Crippen molar-refractivity contribution in [2.75, 3.05) is 18.4 Å². The van der Waals surface area contributed by atoms with Crippen LogP contribution in [0.1, 0.15) is 30.9 Å². The fourth-order valence-electron chi connectivity index (χ4n) is 3.79. The average molecular weight is 377 g/mol. The molecule has 0 atom stereocenters. The number of carbonyl (C=O) groups is 2. The van der Waals surface area contributed by atoms with E-state index >= 15 is 0 Å². The highest BCUT2D eigenvalue weighted by molar-refractivity contribution is 6.12. The summed E-state index contributed by atoms with van der Waals surface area (Å²) < 4.78 is 5.42. The van der Waals surface area contributed by atoms with Crippen molar-refractivity contribution in [1.29, 1.82) is 0 Å². The Bertz CT molecular complexity index is 916. The van der Waals surface area contributed by atoms with Crippen molar-refractivity contribution in [1.82, 2.24) is 4.90 Å². The van der Waals surface area contributed by atoms with Crippen LogP contribution in [0.3, 0.4) is 0 Å². The van der Waals surface area contributed by atoms with Gasteiger partial charge in [-0.15, -0.1) is 0 Å². The molecule has 2 aliphatic rings. The van der Waals surface area contributed by atoms with E-state index in [1.165, 1.54) is 0 Å². The summed E-state index contributed by atoms with van der Waals surface area (Å²) in [7, 11) is 0. The smallest absolute Gasteiger partial charge is 0.410 e. The molecule has 0 radical (unpaired) electrons. The Morgan fingerprint density at radius 3 is 2.54 bits per heavy atom. The number of rotatable bonds is 2. The normalized spacial score (nSPS) is 18.0. The van der Waals surface area contributed by atoms with Gasteiger partial charge in [-0.05, 0) is 31.4 Å². The quantitative estimate of drug-likeness (QED) is 0.869.